The van der Waals surface area contributed by atoms with Crippen molar-refractivity contribution in [2.24, 2.45) is 0 Å². The van der Waals surface area contributed by atoms with Gasteiger partial charge >= 0.3 is 0 Å². The van der Waals surface area contributed by atoms with E-state index in [2.05, 4.69) is 48.5 Å². The van der Waals surface area contributed by atoms with Crippen LogP contribution in [-0.4, -0.2) is 18.0 Å². The molecule has 2 fully saturated rings. The van der Waals surface area contributed by atoms with Crippen LogP contribution < -0.4 is 0 Å². The SMILES string of the molecule is c1ccc2c(c1)CC1(Cc3ccccc3-2)O[C@@H]2CCCC[C@H]2O1. The van der Waals surface area contributed by atoms with Crippen molar-refractivity contribution in [2.45, 2.75) is 56.5 Å². The van der Waals surface area contributed by atoms with Crippen molar-refractivity contribution >= 4 is 0 Å². The number of rotatable bonds is 0. The molecule has 0 N–H and O–H groups in total. The highest BCUT2D eigenvalue weighted by molar-refractivity contribution is 5.72. The molecule has 2 aliphatic carbocycles. The Labute approximate surface area is 137 Å². The van der Waals surface area contributed by atoms with Gasteiger partial charge < -0.3 is 9.47 Å². The largest absolute Gasteiger partial charge is 0.343 e. The van der Waals surface area contributed by atoms with Crippen molar-refractivity contribution < 1.29 is 9.47 Å². The molecule has 0 unspecified atom stereocenters. The van der Waals surface area contributed by atoms with Gasteiger partial charge in [-0.2, -0.15) is 0 Å². The molecule has 5 rings (SSSR count). The van der Waals surface area contributed by atoms with E-state index in [1.807, 2.05) is 0 Å². The molecule has 2 heteroatoms. The lowest BCUT2D eigenvalue weighted by Crippen LogP contribution is -2.36. The molecule has 3 aliphatic rings. The number of hydrogen-bond acceptors (Lipinski definition) is 2. The van der Waals surface area contributed by atoms with Gasteiger partial charge in [-0.1, -0.05) is 61.4 Å². The monoisotopic (exact) mass is 306 g/mol. The quantitative estimate of drug-likeness (QED) is 0.713. The summed E-state index contributed by atoms with van der Waals surface area (Å²) in [5, 5.41) is 0. The van der Waals surface area contributed by atoms with Gasteiger partial charge in [-0.15, -0.1) is 0 Å². The highest BCUT2D eigenvalue weighted by Gasteiger charge is 2.49. The van der Waals surface area contributed by atoms with E-state index in [0.717, 1.165) is 25.7 Å². The van der Waals surface area contributed by atoms with E-state index in [9.17, 15) is 0 Å². The van der Waals surface area contributed by atoms with Crippen LogP contribution in [0, 0.1) is 0 Å². The molecule has 1 saturated heterocycles. The second-order valence-corrected chi connectivity index (χ2v) is 7.18. The van der Waals surface area contributed by atoms with Crippen LogP contribution in [0.15, 0.2) is 48.5 Å². The van der Waals surface area contributed by atoms with Crippen LogP contribution in [0.5, 0.6) is 0 Å². The second kappa shape index (κ2) is 5.19. The zero-order chi connectivity index (χ0) is 15.3. The normalized spacial score (nSPS) is 27.8. The lowest BCUT2D eigenvalue weighted by Gasteiger charge is -2.27. The Morgan fingerprint density at radius 1 is 0.696 bits per heavy atom. The van der Waals surface area contributed by atoms with Gasteiger partial charge in [0.1, 0.15) is 0 Å². The van der Waals surface area contributed by atoms with Crippen molar-refractivity contribution in [1.82, 2.24) is 0 Å². The fourth-order valence-corrected chi connectivity index (χ4v) is 4.60. The first-order chi connectivity index (χ1) is 11.3. The van der Waals surface area contributed by atoms with Crippen LogP contribution in [0.3, 0.4) is 0 Å². The van der Waals surface area contributed by atoms with E-state index in [4.69, 9.17) is 9.47 Å². The van der Waals surface area contributed by atoms with Gasteiger partial charge in [-0.25, -0.2) is 0 Å². The maximum absolute atomic E-state index is 6.57. The Hall–Kier alpha value is -1.64. The summed E-state index contributed by atoms with van der Waals surface area (Å²) < 4.78 is 13.1. The third-order valence-electron chi connectivity index (χ3n) is 5.62. The van der Waals surface area contributed by atoms with E-state index in [1.54, 1.807) is 0 Å². The van der Waals surface area contributed by atoms with E-state index in [1.165, 1.54) is 35.1 Å². The van der Waals surface area contributed by atoms with Crippen molar-refractivity contribution in [3.8, 4) is 11.1 Å². The lowest BCUT2D eigenvalue weighted by molar-refractivity contribution is -0.172. The zero-order valence-electron chi connectivity index (χ0n) is 13.3. The minimum Gasteiger partial charge on any atom is -0.343 e. The van der Waals surface area contributed by atoms with Crippen LogP contribution in [0.1, 0.15) is 36.8 Å². The molecule has 1 heterocycles. The highest BCUT2D eigenvalue weighted by atomic mass is 16.8. The van der Waals surface area contributed by atoms with Crippen LogP contribution >= 0.6 is 0 Å². The van der Waals surface area contributed by atoms with E-state index in [0.29, 0.717) is 12.2 Å². The summed E-state index contributed by atoms with van der Waals surface area (Å²) in [6.07, 6.45) is 7.13. The van der Waals surface area contributed by atoms with Crippen LogP contribution in [0.4, 0.5) is 0 Å². The summed E-state index contributed by atoms with van der Waals surface area (Å²) >= 11 is 0. The third-order valence-corrected chi connectivity index (χ3v) is 5.62. The number of fused-ring (bicyclic) bond motifs is 4. The van der Waals surface area contributed by atoms with E-state index >= 15 is 0 Å². The average molecular weight is 306 g/mol. The minimum absolute atomic E-state index is 0.293. The molecule has 23 heavy (non-hydrogen) atoms. The maximum atomic E-state index is 6.57. The van der Waals surface area contributed by atoms with Crippen LogP contribution in [-0.2, 0) is 22.3 Å². The molecular weight excluding hydrogens is 284 g/mol. The van der Waals surface area contributed by atoms with Gasteiger partial charge in [-0.3, -0.25) is 0 Å². The van der Waals surface area contributed by atoms with Gasteiger partial charge in [0.25, 0.3) is 0 Å². The Morgan fingerprint density at radius 2 is 1.17 bits per heavy atom. The summed E-state index contributed by atoms with van der Waals surface area (Å²) in [4.78, 5) is 0. The molecule has 2 nitrogen and oxygen atoms in total. The molecule has 0 aromatic heterocycles. The Bertz CT molecular complexity index is 673. The molecular formula is C21H22O2. The first-order valence-corrected chi connectivity index (χ1v) is 8.85. The number of ether oxygens (including phenoxy) is 2. The number of hydrogen-bond donors (Lipinski definition) is 0. The first-order valence-electron chi connectivity index (χ1n) is 8.85. The summed E-state index contributed by atoms with van der Waals surface area (Å²) in [7, 11) is 0. The molecule has 2 aromatic carbocycles. The van der Waals surface area contributed by atoms with Gasteiger partial charge in [0.05, 0.1) is 12.2 Å². The molecule has 0 bridgehead atoms. The molecule has 2 atom stereocenters. The van der Waals surface area contributed by atoms with Crippen LogP contribution in [0.2, 0.25) is 0 Å². The van der Waals surface area contributed by atoms with Gasteiger partial charge in [-0.05, 0) is 35.1 Å². The Kier molecular flexibility index (Phi) is 3.10. The smallest absolute Gasteiger partial charge is 0.177 e. The van der Waals surface area contributed by atoms with Crippen molar-refractivity contribution in [1.29, 1.82) is 0 Å². The van der Waals surface area contributed by atoms with Gasteiger partial charge in [0.15, 0.2) is 5.79 Å². The Morgan fingerprint density at radius 3 is 1.70 bits per heavy atom. The molecule has 1 spiro atoms. The molecule has 1 aliphatic heterocycles. The molecule has 118 valence electrons. The van der Waals surface area contributed by atoms with E-state index in [-0.39, 0.29) is 0 Å². The lowest BCUT2D eigenvalue weighted by atomic mass is 9.95. The minimum atomic E-state index is -0.470. The predicted molar refractivity (Wildman–Crippen MR) is 90.2 cm³/mol. The summed E-state index contributed by atoms with van der Waals surface area (Å²) in [5.74, 6) is -0.470. The summed E-state index contributed by atoms with van der Waals surface area (Å²) in [6.45, 7) is 0. The van der Waals surface area contributed by atoms with Crippen molar-refractivity contribution in [3.63, 3.8) is 0 Å². The highest BCUT2D eigenvalue weighted by Crippen LogP contribution is 2.45. The van der Waals surface area contributed by atoms with Gasteiger partial charge in [0.2, 0.25) is 0 Å². The average Bonchev–Trinajstić information content (AvgIpc) is 2.86. The van der Waals surface area contributed by atoms with Crippen LogP contribution in [0.25, 0.3) is 11.1 Å². The maximum Gasteiger partial charge on any atom is 0.177 e. The second-order valence-electron chi connectivity index (χ2n) is 7.18. The fraction of sp³-hybridized carbons (Fsp3) is 0.429. The third kappa shape index (κ3) is 2.24. The molecule has 0 radical (unpaired) electrons. The predicted octanol–water partition coefficient (Wildman–Crippen LogP) is 4.51. The molecule has 1 saturated carbocycles. The first kappa shape index (κ1) is 13.8. The van der Waals surface area contributed by atoms with Crippen molar-refractivity contribution in [2.75, 3.05) is 0 Å². The summed E-state index contributed by atoms with van der Waals surface area (Å²) in [5.41, 5.74) is 5.36. The summed E-state index contributed by atoms with van der Waals surface area (Å²) in [6, 6.07) is 17.4. The number of benzene rings is 2. The standard InChI is InChI=1S/C21H22O2/c1-3-9-17-15(7-1)13-21(14-16-8-2-4-10-18(16)17)22-19-11-5-6-12-20(19)23-21/h1-4,7-10,19-20H,5-6,11-14H2/t19-,20-/m1/s1. The zero-order valence-corrected chi connectivity index (χ0v) is 13.3. The molecule has 2 aromatic rings. The van der Waals surface area contributed by atoms with E-state index < -0.39 is 5.79 Å². The Balaban J connectivity index is 1.62. The van der Waals surface area contributed by atoms with Gasteiger partial charge in [0, 0.05) is 12.8 Å². The molecule has 0 amide bonds. The fourth-order valence-electron chi connectivity index (χ4n) is 4.60. The topological polar surface area (TPSA) is 18.5 Å². The van der Waals surface area contributed by atoms with Crippen molar-refractivity contribution in [3.05, 3.63) is 59.7 Å².